The number of carbonyl (C=O) groups excluding carboxylic acids is 3. The summed E-state index contributed by atoms with van der Waals surface area (Å²) in [6, 6.07) is 30.4. The highest BCUT2D eigenvalue weighted by atomic mass is 35.5. The van der Waals surface area contributed by atoms with Crippen LogP contribution in [0.15, 0.2) is 115 Å². The molecular weight excluding hydrogens is 600 g/mol. The third-order valence-corrected chi connectivity index (χ3v) is 8.33. The minimum atomic E-state index is -1.53. The lowest BCUT2D eigenvalue weighted by Gasteiger charge is -2.25. The monoisotopic (exact) mass is 630 g/mol. The average Bonchev–Trinajstić information content (AvgIpc) is 3.94. The number of hydrogen-bond donors (Lipinski definition) is 1. The van der Waals surface area contributed by atoms with Crippen LogP contribution in [0.2, 0.25) is 5.02 Å². The van der Waals surface area contributed by atoms with E-state index in [1.165, 1.54) is 38.2 Å². The number of ketones is 3. The van der Waals surface area contributed by atoms with Gasteiger partial charge in [0.1, 0.15) is 17.5 Å². The number of nitrogens with zero attached hydrogens (tertiary/aromatic N) is 2. The molecule has 1 saturated carbocycles. The van der Waals surface area contributed by atoms with Crippen molar-refractivity contribution in [3.8, 4) is 5.75 Å². The Kier molecular flexibility index (Phi) is 9.06. The molecule has 1 atom stereocenters. The molecule has 0 spiro atoms. The number of rotatable bonds is 12. The number of pyridine rings is 1. The number of Topliss-reactive ketones (excluding diaryl/α,β-unsaturated/α-hetero) is 1. The summed E-state index contributed by atoms with van der Waals surface area (Å²) in [5.41, 5.74) is 2.90. The van der Waals surface area contributed by atoms with Crippen LogP contribution in [0.5, 0.6) is 5.75 Å². The minimum Gasteiger partial charge on any atom is -0.497 e. The van der Waals surface area contributed by atoms with Gasteiger partial charge < -0.3 is 14.7 Å². The summed E-state index contributed by atoms with van der Waals surface area (Å²) in [5, 5.41) is 11.7. The third-order valence-electron chi connectivity index (χ3n) is 8.08. The fourth-order valence-corrected chi connectivity index (χ4v) is 5.41. The average molecular weight is 631 g/mol. The molecular formula is C38H31ClN2O5. The Morgan fingerprint density at radius 2 is 1.50 bits per heavy atom. The number of carbonyl (C=O) groups is 3. The van der Waals surface area contributed by atoms with E-state index in [1.807, 2.05) is 30.3 Å². The molecule has 0 saturated heterocycles. The zero-order chi connectivity index (χ0) is 32.2. The molecule has 1 heterocycles. The molecule has 1 fully saturated rings. The summed E-state index contributed by atoms with van der Waals surface area (Å²) < 4.78 is 5.20. The van der Waals surface area contributed by atoms with Gasteiger partial charge in [-0.05, 0) is 97.1 Å². The largest absolute Gasteiger partial charge is 0.497 e. The van der Waals surface area contributed by atoms with Crippen molar-refractivity contribution in [2.75, 3.05) is 18.6 Å². The Morgan fingerprint density at radius 1 is 0.826 bits per heavy atom. The van der Waals surface area contributed by atoms with E-state index in [1.54, 1.807) is 66.9 Å². The Labute approximate surface area is 272 Å². The van der Waals surface area contributed by atoms with Crippen molar-refractivity contribution < 1.29 is 24.2 Å². The first-order valence-corrected chi connectivity index (χ1v) is 15.3. The molecule has 0 amide bonds. The number of aliphatic hydroxyl groups excluding tert-OH is 1. The molecule has 1 aliphatic rings. The molecule has 8 heteroatoms. The lowest BCUT2D eigenvalue weighted by atomic mass is 9.89. The van der Waals surface area contributed by atoms with Crippen LogP contribution >= 0.6 is 11.6 Å². The third kappa shape index (κ3) is 6.76. The number of aliphatic hydroxyl groups is 1. The summed E-state index contributed by atoms with van der Waals surface area (Å²) >= 11 is 6.12. The van der Waals surface area contributed by atoms with E-state index in [0.29, 0.717) is 27.8 Å². The number of halogens is 1. The predicted octanol–water partition coefficient (Wildman–Crippen LogP) is 7.67. The van der Waals surface area contributed by atoms with Crippen molar-refractivity contribution in [3.63, 3.8) is 0 Å². The summed E-state index contributed by atoms with van der Waals surface area (Å²) in [7, 11) is 1.53. The standard InChI is InChI=1S/C38H31ClN2O5/c1-46-31-17-9-26(10-18-31)35(42)32-19-11-27(21-33(32)38(45)37(44)25-5-3-2-4-6-25)36(43)34-20-16-30(22-40-34)41(23-24-7-8-24)29-14-12-28(39)13-15-29/h2-6,9-22,24,37,44H,7-8,23H2,1H3. The number of methoxy groups -OCH3 is 1. The van der Waals surface area contributed by atoms with Crippen molar-refractivity contribution in [3.05, 3.63) is 154 Å². The van der Waals surface area contributed by atoms with Gasteiger partial charge in [-0.1, -0.05) is 48.0 Å². The Hall–Kier alpha value is -5.11. The molecule has 1 aromatic heterocycles. The maximum absolute atomic E-state index is 13.7. The van der Waals surface area contributed by atoms with Gasteiger partial charge in [0.2, 0.25) is 5.78 Å². The molecule has 0 radical (unpaired) electrons. The zero-order valence-electron chi connectivity index (χ0n) is 25.1. The molecule has 5 aromatic rings. The molecule has 1 aliphatic carbocycles. The molecule has 7 nitrogen and oxygen atoms in total. The van der Waals surface area contributed by atoms with Gasteiger partial charge in [0.05, 0.1) is 19.0 Å². The van der Waals surface area contributed by atoms with Gasteiger partial charge in [0, 0.05) is 39.5 Å². The first-order valence-electron chi connectivity index (χ1n) is 15.0. The normalized spacial score (nSPS) is 13.1. The number of anilines is 2. The molecule has 1 N–H and O–H groups in total. The summed E-state index contributed by atoms with van der Waals surface area (Å²) in [4.78, 5) is 47.7. The van der Waals surface area contributed by atoms with Gasteiger partial charge in [-0.3, -0.25) is 19.4 Å². The smallest absolute Gasteiger partial charge is 0.211 e. The van der Waals surface area contributed by atoms with Crippen LogP contribution in [0.3, 0.4) is 0 Å². The van der Waals surface area contributed by atoms with Crippen molar-refractivity contribution in [2.24, 2.45) is 5.92 Å². The second-order valence-corrected chi connectivity index (χ2v) is 11.7. The Balaban J connectivity index is 1.32. The first kappa shape index (κ1) is 30.9. The van der Waals surface area contributed by atoms with E-state index >= 15 is 0 Å². The molecule has 0 aliphatic heterocycles. The predicted molar refractivity (Wildman–Crippen MR) is 177 cm³/mol. The van der Waals surface area contributed by atoms with Gasteiger partial charge >= 0.3 is 0 Å². The fourth-order valence-electron chi connectivity index (χ4n) is 5.29. The lowest BCUT2D eigenvalue weighted by Crippen LogP contribution is -2.20. The summed E-state index contributed by atoms with van der Waals surface area (Å²) in [6.07, 6.45) is 2.48. The van der Waals surface area contributed by atoms with Gasteiger partial charge in [0.25, 0.3) is 0 Å². The summed E-state index contributed by atoms with van der Waals surface area (Å²) in [6.45, 7) is 0.829. The molecule has 1 unspecified atom stereocenters. The van der Waals surface area contributed by atoms with Crippen LogP contribution in [0.4, 0.5) is 11.4 Å². The molecule has 4 aromatic carbocycles. The molecule has 6 rings (SSSR count). The van der Waals surface area contributed by atoms with Crippen LogP contribution < -0.4 is 9.64 Å². The van der Waals surface area contributed by atoms with Gasteiger partial charge in [0.15, 0.2) is 11.6 Å². The van der Waals surface area contributed by atoms with Crippen LogP contribution in [-0.4, -0.2) is 41.1 Å². The van der Waals surface area contributed by atoms with Gasteiger partial charge in [-0.2, -0.15) is 0 Å². The highest BCUT2D eigenvalue weighted by Gasteiger charge is 2.28. The topological polar surface area (TPSA) is 96.8 Å². The van der Waals surface area contributed by atoms with Crippen LogP contribution in [0.1, 0.15) is 66.8 Å². The van der Waals surface area contributed by atoms with Crippen LogP contribution in [0.25, 0.3) is 0 Å². The molecule has 0 bridgehead atoms. The Morgan fingerprint density at radius 3 is 2.13 bits per heavy atom. The highest BCUT2D eigenvalue weighted by Crippen LogP contribution is 2.35. The van der Waals surface area contributed by atoms with Crippen LogP contribution in [-0.2, 0) is 0 Å². The van der Waals surface area contributed by atoms with Gasteiger partial charge in [-0.25, -0.2) is 0 Å². The van der Waals surface area contributed by atoms with Crippen molar-refractivity contribution >= 4 is 40.3 Å². The number of benzene rings is 4. The fraction of sp³-hybridized carbons (Fsp3) is 0.158. The molecule has 46 heavy (non-hydrogen) atoms. The first-order chi connectivity index (χ1) is 22.3. The van der Waals surface area contributed by atoms with E-state index in [4.69, 9.17) is 16.3 Å². The van der Waals surface area contributed by atoms with Crippen LogP contribution in [0, 0.1) is 5.92 Å². The summed E-state index contributed by atoms with van der Waals surface area (Å²) in [5.74, 6) is -0.363. The van der Waals surface area contributed by atoms with Crippen molar-refractivity contribution in [2.45, 2.75) is 18.9 Å². The second-order valence-electron chi connectivity index (χ2n) is 11.3. The maximum atomic E-state index is 13.7. The van der Waals surface area contributed by atoms with E-state index in [9.17, 15) is 19.5 Å². The number of aromatic nitrogens is 1. The number of ether oxygens (including phenoxy) is 1. The lowest BCUT2D eigenvalue weighted by molar-refractivity contribution is 0.0744. The Bertz CT molecular complexity index is 1870. The zero-order valence-corrected chi connectivity index (χ0v) is 25.9. The van der Waals surface area contributed by atoms with Gasteiger partial charge in [-0.15, -0.1) is 0 Å². The number of hydrogen-bond acceptors (Lipinski definition) is 7. The van der Waals surface area contributed by atoms with Crippen molar-refractivity contribution in [1.29, 1.82) is 0 Å². The SMILES string of the molecule is COc1ccc(C(=O)c2ccc(C(=O)c3ccc(N(CC4CC4)c4ccc(Cl)cc4)cn3)cc2C(=O)C(O)c2ccccc2)cc1. The van der Waals surface area contributed by atoms with E-state index in [0.717, 1.165) is 17.9 Å². The van der Waals surface area contributed by atoms with E-state index in [-0.39, 0.29) is 22.4 Å². The minimum absolute atomic E-state index is 0.0574. The highest BCUT2D eigenvalue weighted by molar-refractivity contribution is 6.30. The molecule has 230 valence electrons. The quantitative estimate of drug-likeness (QED) is 0.141. The maximum Gasteiger partial charge on any atom is 0.211 e. The van der Waals surface area contributed by atoms with E-state index in [2.05, 4.69) is 9.88 Å². The van der Waals surface area contributed by atoms with E-state index < -0.39 is 23.5 Å². The van der Waals surface area contributed by atoms with Crippen molar-refractivity contribution in [1.82, 2.24) is 4.98 Å². The second kappa shape index (κ2) is 13.5.